The maximum atomic E-state index is 13.0. The minimum atomic E-state index is -0.439. The molecule has 1 saturated heterocycles. The molecule has 182 valence electrons. The van der Waals surface area contributed by atoms with Crippen LogP contribution in [0, 0.1) is 25.0 Å². The first kappa shape index (κ1) is 25.2. The van der Waals surface area contributed by atoms with Crippen LogP contribution in [0.5, 0.6) is 5.75 Å². The Hall–Kier alpha value is -3.91. The number of rotatable bonds is 7. The lowest BCUT2D eigenvalue weighted by atomic mass is 10.1. The average molecular weight is 594 g/mol. The van der Waals surface area contributed by atoms with Crippen molar-refractivity contribution in [2.75, 3.05) is 31.1 Å². The van der Waals surface area contributed by atoms with Crippen LogP contribution in [-0.4, -0.2) is 41.9 Å². The summed E-state index contributed by atoms with van der Waals surface area (Å²) < 4.78 is 6.64. The van der Waals surface area contributed by atoms with Gasteiger partial charge in [-0.2, -0.15) is 5.26 Å². The first-order valence-corrected chi connectivity index (χ1v) is 12.4. The zero-order valence-corrected chi connectivity index (χ0v) is 21.5. The van der Waals surface area contributed by atoms with Gasteiger partial charge >= 0.3 is 0 Å². The van der Waals surface area contributed by atoms with Crippen LogP contribution in [0.3, 0.4) is 0 Å². The van der Waals surface area contributed by atoms with Crippen LogP contribution >= 0.6 is 22.6 Å². The Morgan fingerprint density at radius 1 is 1.06 bits per heavy atom. The second-order valence-electron chi connectivity index (χ2n) is 8.19. The summed E-state index contributed by atoms with van der Waals surface area (Å²) in [6.45, 7) is 2.71. The molecule has 0 bridgehead atoms. The maximum Gasteiger partial charge on any atom is 0.269 e. The SMILES string of the molecule is N#C/C(=C/c1ccc(OCc2cccc([N+](=O)[O-])c2)c(I)c1)C(=O)N1CCN(c2ccccc2)CC1. The van der Waals surface area contributed by atoms with Gasteiger partial charge in [0.25, 0.3) is 11.6 Å². The summed E-state index contributed by atoms with van der Waals surface area (Å²) in [6.07, 6.45) is 1.60. The standard InChI is InChI=1S/C27H23IN4O4/c28-25-17-20(9-10-26(25)36-19-21-5-4-8-24(16-21)32(34)35)15-22(18-29)27(33)31-13-11-30(12-14-31)23-6-2-1-3-7-23/h1-10,15-17H,11-14,19H2/b22-15-. The Morgan fingerprint density at radius 2 is 1.81 bits per heavy atom. The Kier molecular flexibility index (Phi) is 8.17. The largest absolute Gasteiger partial charge is 0.488 e. The highest BCUT2D eigenvalue weighted by Gasteiger charge is 2.24. The highest BCUT2D eigenvalue weighted by Crippen LogP contribution is 2.25. The van der Waals surface area contributed by atoms with Crippen molar-refractivity contribution in [1.29, 1.82) is 5.26 Å². The van der Waals surface area contributed by atoms with Gasteiger partial charge in [0.1, 0.15) is 24.0 Å². The summed E-state index contributed by atoms with van der Waals surface area (Å²) in [6, 6.07) is 23.8. The highest BCUT2D eigenvalue weighted by molar-refractivity contribution is 14.1. The summed E-state index contributed by atoms with van der Waals surface area (Å²) >= 11 is 2.13. The van der Waals surface area contributed by atoms with E-state index in [-0.39, 0.29) is 23.8 Å². The summed E-state index contributed by atoms with van der Waals surface area (Å²) in [5.41, 5.74) is 2.64. The second-order valence-corrected chi connectivity index (χ2v) is 9.35. The molecule has 1 fully saturated rings. The number of benzene rings is 3. The molecule has 0 N–H and O–H groups in total. The minimum Gasteiger partial charge on any atom is -0.488 e. The third kappa shape index (κ3) is 6.20. The van der Waals surface area contributed by atoms with Gasteiger partial charge < -0.3 is 14.5 Å². The topological polar surface area (TPSA) is 99.7 Å². The van der Waals surface area contributed by atoms with Crippen molar-refractivity contribution < 1.29 is 14.5 Å². The zero-order chi connectivity index (χ0) is 25.5. The second kappa shape index (κ2) is 11.7. The number of anilines is 1. The van der Waals surface area contributed by atoms with E-state index in [1.165, 1.54) is 12.1 Å². The normalized spacial score (nSPS) is 13.7. The summed E-state index contributed by atoms with van der Waals surface area (Å²) in [5, 5.41) is 20.6. The molecule has 4 rings (SSSR count). The lowest BCUT2D eigenvalue weighted by Crippen LogP contribution is -2.49. The van der Waals surface area contributed by atoms with E-state index in [0.29, 0.717) is 37.5 Å². The number of nitriles is 1. The van der Waals surface area contributed by atoms with E-state index in [2.05, 4.69) is 45.7 Å². The number of nitro benzene ring substituents is 1. The van der Waals surface area contributed by atoms with Crippen LogP contribution in [0.2, 0.25) is 0 Å². The minimum absolute atomic E-state index is 0.0152. The van der Waals surface area contributed by atoms with Gasteiger partial charge in [-0.25, -0.2) is 0 Å². The van der Waals surface area contributed by atoms with Crippen LogP contribution < -0.4 is 9.64 Å². The van der Waals surface area contributed by atoms with E-state index < -0.39 is 4.92 Å². The summed E-state index contributed by atoms with van der Waals surface area (Å²) in [5.74, 6) is 0.340. The van der Waals surface area contributed by atoms with E-state index in [0.717, 1.165) is 14.8 Å². The Bertz CT molecular complexity index is 1330. The van der Waals surface area contributed by atoms with Gasteiger partial charge in [-0.15, -0.1) is 0 Å². The van der Waals surface area contributed by atoms with E-state index in [9.17, 15) is 20.2 Å². The summed E-state index contributed by atoms with van der Waals surface area (Å²) in [7, 11) is 0. The van der Waals surface area contributed by atoms with Crippen LogP contribution in [-0.2, 0) is 11.4 Å². The highest BCUT2D eigenvalue weighted by atomic mass is 127. The van der Waals surface area contributed by atoms with Gasteiger partial charge in [0, 0.05) is 44.0 Å². The first-order valence-electron chi connectivity index (χ1n) is 11.3. The molecule has 3 aromatic carbocycles. The van der Waals surface area contributed by atoms with Crippen molar-refractivity contribution in [3.63, 3.8) is 0 Å². The fraction of sp³-hybridized carbons (Fsp3) is 0.185. The quantitative estimate of drug-likeness (QED) is 0.125. The number of para-hydroxylation sites is 1. The van der Waals surface area contributed by atoms with Crippen molar-refractivity contribution in [3.8, 4) is 11.8 Å². The fourth-order valence-electron chi connectivity index (χ4n) is 3.93. The maximum absolute atomic E-state index is 13.0. The molecule has 0 aromatic heterocycles. The Labute approximate surface area is 222 Å². The molecule has 36 heavy (non-hydrogen) atoms. The molecule has 0 spiro atoms. The molecule has 0 radical (unpaired) electrons. The fourth-order valence-corrected chi connectivity index (χ4v) is 4.63. The molecule has 9 heteroatoms. The van der Waals surface area contributed by atoms with E-state index >= 15 is 0 Å². The van der Waals surface area contributed by atoms with Gasteiger partial charge in [0.05, 0.1) is 8.49 Å². The lowest BCUT2D eigenvalue weighted by Gasteiger charge is -2.36. The molecule has 0 unspecified atom stereocenters. The van der Waals surface area contributed by atoms with E-state index in [4.69, 9.17) is 4.74 Å². The van der Waals surface area contributed by atoms with Crippen LogP contribution in [0.1, 0.15) is 11.1 Å². The number of hydrogen-bond acceptors (Lipinski definition) is 6. The molecular formula is C27H23IN4O4. The molecule has 8 nitrogen and oxygen atoms in total. The van der Waals surface area contributed by atoms with Crippen molar-refractivity contribution in [2.24, 2.45) is 0 Å². The third-order valence-corrected chi connectivity index (χ3v) is 6.66. The van der Waals surface area contributed by atoms with E-state index in [1.807, 2.05) is 24.3 Å². The molecule has 1 amide bonds. The summed E-state index contributed by atoms with van der Waals surface area (Å²) in [4.78, 5) is 27.5. The number of carbonyl (C=O) groups is 1. The molecule has 1 aliphatic heterocycles. The number of hydrogen-bond donors (Lipinski definition) is 0. The number of piperazine rings is 1. The predicted octanol–water partition coefficient (Wildman–Crippen LogP) is 5.03. The van der Waals surface area contributed by atoms with Gasteiger partial charge in [-0.1, -0.05) is 36.4 Å². The van der Waals surface area contributed by atoms with Crippen LogP contribution in [0.4, 0.5) is 11.4 Å². The van der Waals surface area contributed by atoms with Gasteiger partial charge in [-0.3, -0.25) is 14.9 Å². The Balaban J connectivity index is 1.39. The Morgan fingerprint density at radius 3 is 2.47 bits per heavy atom. The average Bonchev–Trinajstić information content (AvgIpc) is 2.91. The molecular weight excluding hydrogens is 571 g/mol. The number of non-ortho nitro benzene ring substituents is 1. The van der Waals surface area contributed by atoms with E-state index in [1.54, 1.807) is 35.2 Å². The van der Waals surface area contributed by atoms with Crippen molar-refractivity contribution in [2.45, 2.75) is 6.61 Å². The zero-order valence-electron chi connectivity index (χ0n) is 19.3. The van der Waals surface area contributed by atoms with Gasteiger partial charge in [0.2, 0.25) is 0 Å². The third-order valence-electron chi connectivity index (χ3n) is 5.82. The molecule has 3 aromatic rings. The monoisotopic (exact) mass is 594 g/mol. The number of nitrogens with zero attached hydrogens (tertiary/aromatic N) is 4. The first-order chi connectivity index (χ1) is 17.4. The van der Waals surface area contributed by atoms with Crippen LogP contribution in [0.15, 0.2) is 78.4 Å². The van der Waals surface area contributed by atoms with Crippen molar-refractivity contribution in [1.82, 2.24) is 4.90 Å². The lowest BCUT2D eigenvalue weighted by molar-refractivity contribution is -0.384. The number of ether oxygens (including phenoxy) is 1. The van der Waals surface area contributed by atoms with Gasteiger partial charge in [-0.05, 0) is 64.1 Å². The van der Waals surface area contributed by atoms with Crippen LogP contribution in [0.25, 0.3) is 6.08 Å². The smallest absolute Gasteiger partial charge is 0.269 e. The molecule has 0 saturated carbocycles. The number of amides is 1. The number of halogens is 1. The number of carbonyl (C=O) groups excluding carboxylic acids is 1. The molecule has 0 aliphatic carbocycles. The molecule has 1 aliphatic rings. The van der Waals surface area contributed by atoms with Crippen molar-refractivity contribution >= 4 is 45.9 Å². The predicted molar refractivity (Wildman–Crippen MR) is 145 cm³/mol. The number of nitro groups is 1. The van der Waals surface area contributed by atoms with Gasteiger partial charge in [0.15, 0.2) is 0 Å². The molecule has 0 atom stereocenters. The molecule has 1 heterocycles. The van der Waals surface area contributed by atoms with Crippen molar-refractivity contribution in [3.05, 3.63) is 103 Å².